The topological polar surface area (TPSA) is 20.2 Å². The molecule has 1 nitrogen and oxygen atoms in total. The number of fused-ring (bicyclic) bond motifs is 5. The first-order valence-corrected chi connectivity index (χ1v) is 9.15. The number of rotatable bonds is 1. The summed E-state index contributed by atoms with van der Waals surface area (Å²) in [5, 5.41) is 11.3. The Hall–Kier alpha value is -0.300. The molecule has 0 aromatic heterocycles. The largest absolute Gasteiger partial charge is 0.389 e. The Bertz CT molecular complexity index is 412. The van der Waals surface area contributed by atoms with Crippen LogP contribution in [0.25, 0.3) is 0 Å². The van der Waals surface area contributed by atoms with E-state index in [1.807, 2.05) is 0 Å². The molecule has 3 saturated carbocycles. The van der Waals surface area contributed by atoms with Crippen molar-refractivity contribution in [3.63, 3.8) is 0 Å². The lowest BCUT2D eigenvalue weighted by atomic mass is 9.54. The van der Waals surface area contributed by atoms with Crippen LogP contribution in [0.2, 0.25) is 0 Å². The molecule has 0 amide bonds. The van der Waals surface area contributed by atoms with Gasteiger partial charge in [0.25, 0.3) is 0 Å². The van der Waals surface area contributed by atoms with E-state index in [-0.39, 0.29) is 5.60 Å². The van der Waals surface area contributed by atoms with Crippen LogP contribution < -0.4 is 0 Å². The third kappa shape index (κ3) is 1.78. The minimum atomic E-state index is -0.286. The number of aliphatic hydroxyl groups is 1. The van der Waals surface area contributed by atoms with Crippen molar-refractivity contribution >= 4 is 0 Å². The molecule has 4 rings (SSSR count). The van der Waals surface area contributed by atoms with Crippen molar-refractivity contribution in [3.05, 3.63) is 11.6 Å². The molecule has 6 unspecified atom stereocenters. The second kappa shape index (κ2) is 4.87. The summed E-state index contributed by atoms with van der Waals surface area (Å²) in [5.74, 6) is 3.88. The Morgan fingerprint density at radius 1 is 1.15 bits per heavy atom. The van der Waals surface area contributed by atoms with Crippen LogP contribution in [0.5, 0.6) is 0 Å². The Morgan fingerprint density at radius 2 is 2.05 bits per heavy atom. The lowest BCUT2D eigenvalue weighted by molar-refractivity contribution is -0.114. The third-order valence-electron chi connectivity index (χ3n) is 7.50. The van der Waals surface area contributed by atoms with Gasteiger partial charge in [-0.2, -0.15) is 0 Å². The molecule has 0 aliphatic heterocycles. The Labute approximate surface area is 123 Å². The Morgan fingerprint density at radius 3 is 2.90 bits per heavy atom. The van der Waals surface area contributed by atoms with E-state index in [4.69, 9.17) is 0 Å². The van der Waals surface area contributed by atoms with Crippen LogP contribution >= 0.6 is 0 Å². The van der Waals surface area contributed by atoms with Gasteiger partial charge in [-0.15, -0.1) is 0 Å². The molecular weight excluding hydrogens is 244 g/mol. The first-order chi connectivity index (χ1) is 9.74. The molecule has 1 heteroatoms. The molecule has 0 aromatic rings. The van der Waals surface area contributed by atoms with Gasteiger partial charge in [0.05, 0.1) is 5.60 Å². The van der Waals surface area contributed by atoms with Crippen molar-refractivity contribution in [3.8, 4) is 0 Å². The predicted octanol–water partition coefficient (Wildman–Crippen LogP) is 4.70. The molecule has 112 valence electrons. The van der Waals surface area contributed by atoms with E-state index in [1.54, 1.807) is 5.57 Å². The van der Waals surface area contributed by atoms with Crippen molar-refractivity contribution in [1.82, 2.24) is 0 Å². The van der Waals surface area contributed by atoms with Gasteiger partial charge in [-0.05, 0) is 87.4 Å². The van der Waals surface area contributed by atoms with Crippen LogP contribution in [-0.4, -0.2) is 10.7 Å². The van der Waals surface area contributed by atoms with E-state index < -0.39 is 0 Å². The highest BCUT2D eigenvalue weighted by Gasteiger charge is 2.56. The van der Waals surface area contributed by atoms with Gasteiger partial charge in [-0.25, -0.2) is 0 Å². The van der Waals surface area contributed by atoms with E-state index in [0.29, 0.717) is 11.8 Å². The second-order valence-corrected chi connectivity index (χ2v) is 8.00. The van der Waals surface area contributed by atoms with Crippen molar-refractivity contribution in [2.45, 2.75) is 76.7 Å². The molecular formula is C19H30O. The molecule has 0 bridgehead atoms. The van der Waals surface area contributed by atoms with Crippen LogP contribution in [0.4, 0.5) is 0 Å². The van der Waals surface area contributed by atoms with Gasteiger partial charge in [-0.1, -0.05) is 25.0 Å². The van der Waals surface area contributed by atoms with Crippen molar-refractivity contribution < 1.29 is 5.11 Å². The third-order valence-corrected chi connectivity index (χ3v) is 7.50. The molecule has 0 spiro atoms. The summed E-state index contributed by atoms with van der Waals surface area (Å²) in [4.78, 5) is 0. The fourth-order valence-corrected chi connectivity index (χ4v) is 6.61. The molecule has 0 radical (unpaired) electrons. The van der Waals surface area contributed by atoms with Crippen molar-refractivity contribution in [2.24, 2.45) is 29.6 Å². The summed E-state index contributed by atoms with van der Waals surface area (Å²) in [6, 6.07) is 0. The van der Waals surface area contributed by atoms with Gasteiger partial charge < -0.3 is 5.11 Å². The molecule has 4 aliphatic rings. The summed E-state index contributed by atoms with van der Waals surface area (Å²) in [6.45, 7) is 2.28. The Kier molecular flexibility index (Phi) is 3.25. The predicted molar refractivity (Wildman–Crippen MR) is 82.3 cm³/mol. The van der Waals surface area contributed by atoms with Gasteiger partial charge in [0.1, 0.15) is 0 Å². The highest BCUT2D eigenvalue weighted by atomic mass is 16.3. The maximum atomic E-state index is 11.3. The molecule has 6 atom stereocenters. The fourth-order valence-electron chi connectivity index (χ4n) is 6.61. The number of hydrogen-bond acceptors (Lipinski definition) is 1. The van der Waals surface area contributed by atoms with E-state index in [1.165, 1.54) is 57.8 Å². The normalized spacial score (nSPS) is 50.9. The average molecular weight is 274 g/mol. The van der Waals surface area contributed by atoms with Gasteiger partial charge in [0.2, 0.25) is 0 Å². The van der Waals surface area contributed by atoms with E-state index >= 15 is 0 Å². The zero-order chi connectivity index (χ0) is 13.7. The Balaban J connectivity index is 1.61. The van der Waals surface area contributed by atoms with Crippen LogP contribution in [0.3, 0.4) is 0 Å². The monoisotopic (exact) mass is 274 g/mol. The zero-order valence-electron chi connectivity index (χ0n) is 13.0. The summed E-state index contributed by atoms with van der Waals surface area (Å²) >= 11 is 0. The number of hydrogen-bond donors (Lipinski definition) is 1. The summed E-state index contributed by atoms with van der Waals surface area (Å²) in [7, 11) is 0. The molecule has 3 fully saturated rings. The highest BCUT2D eigenvalue weighted by molar-refractivity contribution is 5.18. The lowest BCUT2D eigenvalue weighted by Crippen LogP contribution is -2.51. The standard InChI is InChI=1S/C19H30O/c1-2-14-8-10-18-17-9-7-13-5-3-4-6-15(13)16(17)11-12-19(14,18)20/h5,14-18,20H,2-4,6-12H2,1H3. The lowest BCUT2D eigenvalue weighted by Gasteiger charge is -2.53. The van der Waals surface area contributed by atoms with Crippen molar-refractivity contribution in [1.29, 1.82) is 0 Å². The summed E-state index contributed by atoms with van der Waals surface area (Å²) in [6.07, 6.45) is 15.6. The average Bonchev–Trinajstić information content (AvgIpc) is 2.83. The molecule has 20 heavy (non-hydrogen) atoms. The van der Waals surface area contributed by atoms with Gasteiger partial charge in [0, 0.05) is 0 Å². The number of allylic oxidation sites excluding steroid dienone is 2. The van der Waals surface area contributed by atoms with Gasteiger partial charge in [0.15, 0.2) is 0 Å². The quantitative estimate of drug-likeness (QED) is 0.687. The second-order valence-electron chi connectivity index (χ2n) is 8.00. The van der Waals surface area contributed by atoms with Gasteiger partial charge >= 0.3 is 0 Å². The zero-order valence-corrected chi connectivity index (χ0v) is 13.0. The molecule has 0 heterocycles. The van der Waals surface area contributed by atoms with Crippen LogP contribution in [-0.2, 0) is 0 Å². The minimum Gasteiger partial charge on any atom is -0.389 e. The van der Waals surface area contributed by atoms with E-state index in [9.17, 15) is 5.11 Å². The molecule has 4 aliphatic carbocycles. The maximum Gasteiger partial charge on any atom is 0.0706 e. The first-order valence-electron chi connectivity index (χ1n) is 9.15. The smallest absolute Gasteiger partial charge is 0.0706 e. The van der Waals surface area contributed by atoms with Gasteiger partial charge in [-0.3, -0.25) is 0 Å². The van der Waals surface area contributed by atoms with Crippen molar-refractivity contribution in [2.75, 3.05) is 0 Å². The first kappa shape index (κ1) is 13.4. The fraction of sp³-hybridized carbons (Fsp3) is 0.895. The maximum absolute atomic E-state index is 11.3. The molecule has 1 N–H and O–H groups in total. The summed E-state index contributed by atoms with van der Waals surface area (Å²) < 4.78 is 0. The minimum absolute atomic E-state index is 0.286. The summed E-state index contributed by atoms with van der Waals surface area (Å²) in [5.41, 5.74) is 1.51. The molecule has 0 aromatic carbocycles. The van der Waals surface area contributed by atoms with Crippen LogP contribution in [0.1, 0.15) is 71.1 Å². The SMILES string of the molecule is CCC1CCC2C3CCC4=CCCCC4C3CCC12O. The molecule has 0 saturated heterocycles. The highest BCUT2D eigenvalue weighted by Crippen LogP contribution is 2.60. The van der Waals surface area contributed by atoms with E-state index in [0.717, 1.165) is 24.2 Å². The van der Waals surface area contributed by atoms with E-state index in [2.05, 4.69) is 13.0 Å². The van der Waals surface area contributed by atoms with Crippen LogP contribution in [0.15, 0.2) is 11.6 Å². The van der Waals surface area contributed by atoms with Crippen LogP contribution in [0, 0.1) is 29.6 Å².